The lowest BCUT2D eigenvalue weighted by Gasteiger charge is -2.12. The van der Waals surface area contributed by atoms with E-state index in [9.17, 15) is 14.7 Å². The van der Waals surface area contributed by atoms with E-state index in [-0.39, 0.29) is 5.91 Å². The Morgan fingerprint density at radius 2 is 0.719 bits per heavy atom. The number of nitrogens with one attached hydrogen (secondary N) is 1. The number of hydrogen-bond acceptors (Lipinski definition) is 3. The van der Waals surface area contributed by atoms with Crippen LogP contribution in [0.2, 0.25) is 0 Å². The summed E-state index contributed by atoms with van der Waals surface area (Å²) in [6.07, 6.45) is 62.0. The third-order valence-corrected chi connectivity index (χ3v) is 11.9. The van der Waals surface area contributed by atoms with Crippen LogP contribution in [0.5, 0.6) is 0 Å². The van der Waals surface area contributed by atoms with E-state index in [4.69, 9.17) is 0 Å². The summed E-state index contributed by atoms with van der Waals surface area (Å²) >= 11 is 0. The molecule has 1 atom stereocenters. The smallest absolute Gasteiger partial charge is 0.220 e. The van der Waals surface area contributed by atoms with Gasteiger partial charge in [-0.25, -0.2) is 0 Å². The molecular formula is C53H101NO3. The number of rotatable bonds is 48. The average molecular weight is 800 g/mol. The maximum atomic E-state index is 12.2. The molecule has 0 aromatic rings. The normalized spacial score (nSPS) is 12.3. The van der Waals surface area contributed by atoms with Crippen molar-refractivity contribution >= 4 is 11.7 Å². The molecule has 0 saturated heterocycles. The van der Waals surface area contributed by atoms with Gasteiger partial charge in [-0.1, -0.05) is 237 Å². The molecule has 0 aliphatic heterocycles. The third kappa shape index (κ3) is 48.8. The first kappa shape index (κ1) is 55.6. The number of carbonyl (C=O) groups excluding carboxylic acids is 2. The Kier molecular flexibility index (Phi) is 47.7. The highest BCUT2D eigenvalue weighted by Crippen LogP contribution is 2.16. The molecular weight excluding hydrogens is 699 g/mol. The second kappa shape index (κ2) is 48.9. The van der Waals surface area contributed by atoms with Crippen molar-refractivity contribution in [1.82, 2.24) is 5.32 Å². The summed E-state index contributed by atoms with van der Waals surface area (Å²) < 4.78 is 0. The molecule has 0 aromatic heterocycles. The molecule has 2 N–H and O–H groups in total. The summed E-state index contributed by atoms with van der Waals surface area (Å²) in [7, 11) is 0. The monoisotopic (exact) mass is 800 g/mol. The van der Waals surface area contributed by atoms with Crippen molar-refractivity contribution in [2.75, 3.05) is 6.54 Å². The van der Waals surface area contributed by atoms with Gasteiger partial charge in [-0.3, -0.25) is 9.59 Å². The Balaban J connectivity index is 3.32. The molecule has 0 aliphatic rings. The van der Waals surface area contributed by atoms with Crippen LogP contribution >= 0.6 is 0 Å². The zero-order chi connectivity index (χ0) is 41.4. The zero-order valence-electron chi connectivity index (χ0n) is 38.8. The molecule has 0 rings (SSSR count). The van der Waals surface area contributed by atoms with Crippen molar-refractivity contribution in [2.45, 2.75) is 296 Å². The minimum Gasteiger partial charge on any atom is -0.391 e. The molecule has 0 aliphatic carbocycles. The molecule has 0 bridgehead atoms. The van der Waals surface area contributed by atoms with E-state index >= 15 is 0 Å². The van der Waals surface area contributed by atoms with E-state index in [0.717, 1.165) is 57.8 Å². The first-order valence-corrected chi connectivity index (χ1v) is 25.9. The fraction of sp³-hybridized carbons (Fsp3) is 0.887. The zero-order valence-corrected chi connectivity index (χ0v) is 38.8. The predicted molar refractivity (Wildman–Crippen MR) is 252 cm³/mol. The van der Waals surface area contributed by atoms with Crippen molar-refractivity contribution in [1.29, 1.82) is 0 Å². The maximum Gasteiger partial charge on any atom is 0.220 e. The van der Waals surface area contributed by atoms with Gasteiger partial charge in [0, 0.05) is 25.8 Å². The van der Waals surface area contributed by atoms with Gasteiger partial charge >= 0.3 is 0 Å². The van der Waals surface area contributed by atoms with Gasteiger partial charge in [0.15, 0.2) is 0 Å². The van der Waals surface area contributed by atoms with E-state index in [1.807, 2.05) is 0 Å². The topological polar surface area (TPSA) is 66.4 Å². The molecule has 0 saturated carbocycles. The molecule has 0 fully saturated rings. The molecule has 1 amide bonds. The van der Waals surface area contributed by atoms with Gasteiger partial charge in [0.1, 0.15) is 5.78 Å². The Morgan fingerprint density at radius 1 is 0.404 bits per heavy atom. The predicted octanol–water partition coefficient (Wildman–Crippen LogP) is 17.0. The summed E-state index contributed by atoms with van der Waals surface area (Å²) in [4.78, 5) is 24.4. The Morgan fingerprint density at radius 3 is 1.14 bits per heavy atom. The molecule has 4 nitrogen and oxygen atoms in total. The fourth-order valence-corrected chi connectivity index (χ4v) is 7.98. The standard InChI is InChI=1S/C53H101NO3/c1-3-5-7-9-11-13-15-17-19-21-23-28-32-36-40-44-48-52(56)50-54-53(57)49-45-41-37-33-29-25-24-27-31-35-39-43-47-51(55)46-42-38-34-30-26-22-20-18-16-14-12-10-8-6-4-2/h12,14,18,20,52,56H,3-11,13,15-17,19,21-50H2,1-2H3,(H,54,57)/t52-/m0/s1. The van der Waals surface area contributed by atoms with Crippen LogP contribution in [0.1, 0.15) is 290 Å². The van der Waals surface area contributed by atoms with Gasteiger partial charge in [-0.15, -0.1) is 0 Å². The van der Waals surface area contributed by atoms with Crippen LogP contribution < -0.4 is 5.32 Å². The van der Waals surface area contributed by atoms with Crippen molar-refractivity contribution in [3.05, 3.63) is 24.3 Å². The summed E-state index contributed by atoms with van der Waals surface area (Å²) in [6.45, 7) is 4.95. The lowest BCUT2D eigenvalue weighted by atomic mass is 10.0. The highest BCUT2D eigenvalue weighted by atomic mass is 16.3. The first-order valence-electron chi connectivity index (χ1n) is 25.9. The van der Waals surface area contributed by atoms with Crippen LogP contribution in [0.15, 0.2) is 24.3 Å². The minimum absolute atomic E-state index is 0.0994. The van der Waals surface area contributed by atoms with E-state index in [1.54, 1.807) is 0 Å². The molecule has 0 aromatic carbocycles. The lowest BCUT2D eigenvalue weighted by Crippen LogP contribution is -2.31. The number of allylic oxidation sites excluding steroid dienone is 4. The van der Waals surface area contributed by atoms with E-state index < -0.39 is 6.10 Å². The second-order valence-corrected chi connectivity index (χ2v) is 17.8. The highest BCUT2D eigenvalue weighted by molar-refractivity contribution is 5.78. The molecule has 0 heterocycles. The Labute approximate surface area is 357 Å². The number of ketones is 1. The van der Waals surface area contributed by atoms with Crippen LogP contribution in [-0.2, 0) is 9.59 Å². The van der Waals surface area contributed by atoms with E-state index in [2.05, 4.69) is 43.5 Å². The number of Topliss-reactive ketones (excluding diaryl/α,β-unsaturated/α-hetero) is 1. The molecule has 0 radical (unpaired) electrons. The number of amides is 1. The van der Waals surface area contributed by atoms with Crippen LogP contribution in [0.3, 0.4) is 0 Å². The fourth-order valence-electron chi connectivity index (χ4n) is 7.98. The van der Waals surface area contributed by atoms with Gasteiger partial charge in [-0.2, -0.15) is 0 Å². The second-order valence-electron chi connectivity index (χ2n) is 17.8. The van der Waals surface area contributed by atoms with Crippen molar-refractivity contribution in [3.63, 3.8) is 0 Å². The van der Waals surface area contributed by atoms with Crippen molar-refractivity contribution in [2.24, 2.45) is 0 Å². The number of aliphatic hydroxyl groups is 1. The minimum atomic E-state index is -0.402. The SMILES string of the molecule is CCCCCC=CCC=CCCCCCCCC(=O)CCCCCCCCCCCCCCC(=O)NC[C@@H](O)CCCCCCCCCCCCCCCCCC. The number of hydrogen-bond donors (Lipinski definition) is 2. The Bertz CT molecular complexity index is 866. The molecule has 0 unspecified atom stereocenters. The molecule has 336 valence electrons. The summed E-state index contributed by atoms with van der Waals surface area (Å²) in [5.41, 5.74) is 0. The van der Waals surface area contributed by atoms with Gasteiger partial charge < -0.3 is 10.4 Å². The van der Waals surface area contributed by atoms with Crippen LogP contribution in [-0.4, -0.2) is 29.4 Å². The van der Waals surface area contributed by atoms with Gasteiger partial charge in [-0.05, 0) is 57.8 Å². The van der Waals surface area contributed by atoms with Gasteiger partial charge in [0.25, 0.3) is 0 Å². The lowest BCUT2D eigenvalue weighted by molar-refractivity contribution is -0.121. The summed E-state index contributed by atoms with van der Waals surface area (Å²) in [5, 5.41) is 13.2. The summed E-state index contributed by atoms with van der Waals surface area (Å²) in [5.74, 6) is 0.582. The number of aliphatic hydroxyl groups excluding tert-OH is 1. The summed E-state index contributed by atoms with van der Waals surface area (Å²) in [6, 6.07) is 0. The van der Waals surface area contributed by atoms with Crippen LogP contribution in [0.4, 0.5) is 0 Å². The van der Waals surface area contributed by atoms with Gasteiger partial charge in [0.05, 0.1) is 6.10 Å². The average Bonchev–Trinajstić information content (AvgIpc) is 3.21. The number of unbranched alkanes of at least 4 members (excludes halogenated alkanes) is 34. The molecule has 0 spiro atoms. The van der Waals surface area contributed by atoms with Gasteiger partial charge in [0.2, 0.25) is 5.91 Å². The highest BCUT2D eigenvalue weighted by Gasteiger charge is 2.07. The first-order chi connectivity index (χ1) is 28.1. The van der Waals surface area contributed by atoms with E-state index in [1.165, 1.54) is 212 Å². The van der Waals surface area contributed by atoms with Crippen molar-refractivity contribution in [3.8, 4) is 0 Å². The largest absolute Gasteiger partial charge is 0.391 e. The maximum absolute atomic E-state index is 12.2. The van der Waals surface area contributed by atoms with Crippen LogP contribution in [0, 0.1) is 0 Å². The quantitative estimate of drug-likeness (QED) is 0.0476. The Hall–Kier alpha value is -1.42. The molecule has 57 heavy (non-hydrogen) atoms. The van der Waals surface area contributed by atoms with Crippen molar-refractivity contribution < 1.29 is 14.7 Å². The third-order valence-electron chi connectivity index (χ3n) is 11.9. The number of carbonyl (C=O) groups is 2. The molecule has 4 heteroatoms. The van der Waals surface area contributed by atoms with Crippen LogP contribution in [0.25, 0.3) is 0 Å². The van der Waals surface area contributed by atoms with E-state index in [0.29, 0.717) is 18.7 Å².